The van der Waals surface area contributed by atoms with E-state index in [0.29, 0.717) is 6.42 Å². The van der Waals surface area contributed by atoms with Gasteiger partial charge in [-0.25, -0.2) is 0 Å². The van der Waals surface area contributed by atoms with Crippen LogP contribution in [0.1, 0.15) is 5.56 Å². The molecule has 0 saturated heterocycles. The number of likely N-dealkylation sites (N-methyl/N-ethyl adjacent to an activating group) is 2. The molecule has 1 aromatic rings. The van der Waals surface area contributed by atoms with Crippen LogP contribution in [-0.2, 0) is 16.0 Å². The van der Waals surface area contributed by atoms with E-state index >= 15 is 0 Å². The van der Waals surface area contributed by atoms with E-state index in [-0.39, 0.29) is 18.4 Å². The van der Waals surface area contributed by atoms with E-state index in [1.165, 1.54) is 9.80 Å². The van der Waals surface area contributed by atoms with Crippen LogP contribution in [0.5, 0.6) is 0 Å². The molecule has 1 unspecified atom stereocenters. The number of amides is 2. The van der Waals surface area contributed by atoms with Crippen molar-refractivity contribution in [2.45, 2.75) is 6.42 Å². The first kappa shape index (κ1) is 15.7. The molecule has 0 aliphatic heterocycles. The molecule has 0 aromatic heterocycles. The maximum Gasteiger partial charge on any atom is 0.241 e. The molecule has 0 spiro atoms. The molecule has 1 rings (SSSR count). The molecule has 0 radical (unpaired) electrons. The highest BCUT2D eigenvalue weighted by molar-refractivity contribution is 5.86. The second-order valence-electron chi connectivity index (χ2n) is 4.85. The third-order valence-electron chi connectivity index (χ3n) is 2.98. The Kier molecular flexibility index (Phi) is 5.73. The van der Waals surface area contributed by atoms with E-state index in [4.69, 9.17) is 5.26 Å². The monoisotopic (exact) mass is 273 g/mol. The van der Waals surface area contributed by atoms with E-state index < -0.39 is 5.92 Å². The van der Waals surface area contributed by atoms with Crippen LogP contribution in [0.15, 0.2) is 30.3 Å². The van der Waals surface area contributed by atoms with Gasteiger partial charge in [-0.05, 0) is 12.0 Å². The molecule has 2 amide bonds. The van der Waals surface area contributed by atoms with E-state index in [1.54, 1.807) is 21.1 Å². The van der Waals surface area contributed by atoms with Crippen LogP contribution < -0.4 is 0 Å². The van der Waals surface area contributed by atoms with Gasteiger partial charge >= 0.3 is 0 Å². The molecule has 0 heterocycles. The summed E-state index contributed by atoms with van der Waals surface area (Å²) in [7, 11) is 4.80. The van der Waals surface area contributed by atoms with Crippen LogP contribution in [0, 0.1) is 17.2 Å². The van der Waals surface area contributed by atoms with Crippen LogP contribution in [0.4, 0.5) is 0 Å². The van der Waals surface area contributed by atoms with Gasteiger partial charge in [0.1, 0.15) is 5.92 Å². The van der Waals surface area contributed by atoms with Gasteiger partial charge in [0.25, 0.3) is 0 Å². The molecule has 1 aromatic carbocycles. The summed E-state index contributed by atoms with van der Waals surface area (Å²) in [6, 6.07) is 11.4. The zero-order valence-electron chi connectivity index (χ0n) is 12.0. The molecule has 20 heavy (non-hydrogen) atoms. The maximum absolute atomic E-state index is 12.2. The van der Waals surface area contributed by atoms with Crippen molar-refractivity contribution in [2.24, 2.45) is 5.92 Å². The quantitative estimate of drug-likeness (QED) is 0.801. The van der Waals surface area contributed by atoms with Crippen LogP contribution in [0.2, 0.25) is 0 Å². The molecule has 0 aliphatic carbocycles. The third kappa shape index (κ3) is 4.39. The van der Waals surface area contributed by atoms with Crippen LogP contribution in [0.3, 0.4) is 0 Å². The highest BCUT2D eigenvalue weighted by Gasteiger charge is 2.23. The highest BCUT2D eigenvalue weighted by atomic mass is 16.2. The predicted molar refractivity (Wildman–Crippen MR) is 75.6 cm³/mol. The summed E-state index contributed by atoms with van der Waals surface area (Å²) in [6.07, 6.45) is 0.358. The summed E-state index contributed by atoms with van der Waals surface area (Å²) in [4.78, 5) is 26.5. The van der Waals surface area contributed by atoms with E-state index in [9.17, 15) is 9.59 Å². The topological polar surface area (TPSA) is 64.4 Å². The summed E-state index contributed by atoms with van der Waals surface area (Å²) in [5.74, 6) is -1.26. The molecule has 0 fully saturated rings. The highest BCUT2D eigenvalue weighted by Crippen LogP contribution is 2.10. The van der Waals surface area contributed by atoms with Crippen molar-refractivity contribution in [3.8, 4) is 6.07 Å². The van der Waals surface area contributed by atoms with E-state index in [2.05, 4.69) is 0 Å². The van der Waals surface area contributed by atoms with Crippen molar-refractivity contribution in [3.05, 3.63) is 35.9 Å². The number of hydrogen-bond acceptors (Lipinski definition) is 3. The molecule has 0 saturated carbocycles. The average Bonchev–Trinajstić information content (AvgIpc) is 2.44. The average molecular weight is 273 g/mol. The van der Waals surface area contributed by atoms with Crippen molar-refractivity contribution < 1.29 is 9.59 Å². The molecular weight excluding hydrogens is 254 g/mol. The second-order valence-corrected chi connectivity index (χ2v) is 4.85. The first-order valence-electron chi connectivity index (χ1n) is 6.34. The van der Waals surface area contributed by atoms with Crippen molar-refractivity contribution in [1.82, 2.24) is 9.80 Å². The third-order valence-corrected chi connectivity index (χ3v) is 2.98. The standard InChI is InChI=1S/C15H19N3O2/c1-17(2)14(19)11-18(3)15(20)13(10-16)9-12-7-5-4-6-8-12/h4-8,13H,9,11H2,1-3H3. The second kappa shape index (κ2) is 7.29. The fourth-order valence-corrected chi connectivity index (χ4v) is 1.73. The first-order valence-corrected chi connectivity index (χ1v) is 6.34. The van der Waals surface area contributed by atoms with Gasteiger partial charge in [0.2, 0.25) is 11.8 Å². The van der Waals surface area contributed by atoms with Gasteiger partial charge in [-0.3, -0.25) is 9.59 Å². The molecule has 0 bridgehead atoms. The molecule has 0 N–H and O–H groups in total. The number of nitriles is 1. The Balaban J connectivity index is 2.68. The minimum Gasteiger partial charge on any atom is -0.347 e. The Hall–Kier alpha value is -2.35. The van der Waals surface area contributed by atoms with Crippen molar-refractivity contribution in [1.29, 1.82) is 5.26 Å². The number of benzene rings is 1. The number of rotatable bonds is 5. The summed E-state index contributed by atoms with van der Waals surface area (Å²) in [5, 5.41) is 9.16. The number of nitrogens with zero attached hydrogens (tertiary/aromatic N) is 3. The Labute approximate surface area is 119 Å². The van der Waals surface area contributed by atoms with Crippen LogP contribution in [-0.4, -0.2) is 49.3 Å². The lowest BCUT2D eigenvalue weighted by Crippen LogP contribution is -2.40. The van der Waals surface area contributed by atoms with Gasteiger partial charge in [0.15, 0.2) is 0 Å². The maximum atomic E-state index is 12.2. The number of carbonyl (C=O) groups is 2. The molecule has 106 valence electrons. The van der Waals surface area contributed by atoms with Gasteiger partial charge < -0.3 is 9.80 Å². The lowest BCUT2D eigenvalue weighted by molar-refractivity contribution is -0.139. The predicted octanol–water partition coefficient (Wildman–Crippen LogP) is 0.915. The van der Waals surface area contributed by atoms with Crippen LogP contribution in [0.25, 0.3) is 0 Å². The Morgan fingerprint density at radius 2 is 1.80 bits per heavy atom. The Morgan fingerprint density at radius 3 is 2.30 bits per heavy atom. The smallest absolute Gasteiger partial charge is 0.241 e. The fourth-order valence-electron chi connectivity index (χ4n) is 1.73. The summed E-state index contributed by atoms with van der Waals surface area (Å²) < 4.78 is 0. The minimum absolute atomic E-state index is 0.0151. The van der Waals surface area contributed by atoms with E-state index in [1.807, 2.05) is 36.4 Å². The largest absolute Gasteiger partial charge is 0.347 e. The zero-order valence-corrected chi connectivity index (χ0v) is 12.0. The number of carbonyl (C=O) groups excluding carboxylic acids is 2. The Morgan fingerprint density at radius 1 is 1.20 bits per heavy atom. The molecular formula is C15H19N3O2. The van der Waals surface area contributed by atoms with Gasteiger partial charge in [0, 0.05) is 21.1 Å². The van der Waals surface area contributed by atoms with Gasteiger partial charge in [-0.1, -0.05) is 30.3 Å². The molecule has 5 nitrogen and oxygen atoms in total. The summed E-state index contributed by atoms with van der Waals surface area (Å²) in [6.45, 7) is -0.0151. The lowest BCUT2D eigenvalue weighted by Gasteiger charge is -2.21. The van der Waals surface area contributed by atoms with Crippen molar-refractivity contribution >= 4 is 11.8 Å². The normalized spacial score (nSPS) is 11.3. The van der Waals surface area contributed by atoms with E-state index in [0.717, 1.165) is 5.56 Å². The Bertz CT molecular complexity index is 506. The molecule has 0 aliphatic rings. The number of hydrogen-bond donors (Lipinski definition) is 0. The lowest BCUT2D eigenvalue weighted by atomic mass is 9.99. The first-order chi connectivity index (χ1) is 9.45. The van der Waals surface area contributed by atoms with Gasteiger partial charge in [-0.2, -0.15) is 5.26 Å². The minimum atomic E-state index is -0.766. The zero-order chi connectivity index (χ0) is 15.1. The van der Waals surface area contributed by atoms with Crippen molar-refractivity contribution in [2.75, 3.05) is 27.7 Å². The van der Waals surface area contributed by atoms with Gasteiger partial charge in [0.05, 0.1) is 12.6 Å². The fraction of sp³-hybridized carbons (Fsp3) is 0.400. The molecule has 5 heteroatoms. The molecule has 1 atom stereocenters. The van der Waals surface area contributed by atoms with Crippen molar-refractivity contribution in [3.63, 3.8) is 0 Å². The summed E-state index contributed by atoms with van der Waals surface area (Å²) in [5.41, 5.74) is 0.930. The SMILES string of the molecule is CN(C)C(=O)CN(C)C(=O)C(C#N)Cc1ccccc1. The van der Waals surface area contributed by atoms with Crippen LogP contribution >= 0.6 is 0 Å². The summed E-state index contributed by atoms with van der Waals surface area (Å²) >= 11 is 0. The van der Waals surface area contributed by atoms with Gasteiger partial charge in [-0.15, -0.1) is 0 Å².